The van der Waals surface area contributed by atoms with Gasteiger partial charge in [0.2, 0.25) is 0 Å². The molecule has 146 valence electrons. The number of amides is 1. The number of nitrogens with one attached hydrogen (secondary N) is 1. The number of methoxy groups -OCH3 is 1. The number of aromatic nitrogens is 2. The first-order valence-electron chi connectivity index (χ1n) is 9.13. The van der Waals surface area contributed by atoms with Gasteiger partial charge in [-0.2, -0.15) is 0 Å². The zero-order chi connectivity index (χ0) is 20.2. The molecule has 7 heteroatoms. The summed E-state index contributed by atoms with van der Waals surface area (Å²) in [6.45, 7) is 0.442. The second-order valence-electron chi connectivity index (χ2n) is 6.44. The van der Waals surface area contributed by atoms with Gasteiger partial charge in [0.1, 0.15) is 11.3 Å². The second kappa shape index (κ2) is 8.28. The van der Waals surface area contributed by atoms with Crippen molar-refractivity contribution in [2.45, 2.75) is 6.42 Å². The monoisotopic (exact) mass is 405 g/mol. The Bertz CT molecular complexity index is 1210. The highest BCUT2D eigenvalue weighted by atomic mass is 32.1. The van der Waals surface area contributed by atoms with Gasteiger partial charge in [-0.3, -0.25) is 14.0 Å². The Morgan fingerprint density at radius 1 is 1.17 bits per heavy atom. The Labute approximate surface area is 171 Å². The van der Waals surface area contributed by atoms with Gasteiger partial charge in [-0.25, -0.2) is 4.98 Å². The molecule has 2 aromatic carbocycles. The topological polar surface area (TPSA) is 72.7 Å². The van der Waals surface area contributed by atoms with Crippen molar-refractivity contribution in [1.29, 1.82) is 0 Å². The van der Waals surface area contributed by atoms with Gasteiger partial charge < -0.3 is 10.1 Å². The van der Waals surface area contributed by atoms with Gasteiger partial charge in [0.15, 0.2) is 4.96 Å². The molecule has 0 aliphatic carbocycles. The van der Waals surface area contributed by atoms with Crippen molar-refractivity contribution in [3.63, 3.8) is 0 Å². The van der Waals surface area contributed by atoms with Gasteiger partial charge in [-0.05, 0) is 24.1 Å². The molecule has 0 aliphatic heterocycles. The van der Waals surface area contributed by atoms with Crippen molar-refractivity contribution < 1.29 is 9.53 Å². The summed E-state index contributed by atoms with van der Waals surface area (Å²) in [5.41, 5.74) is 2.27. The smallest absolute Gasteiger partial charge is 0.271 e. The lowest BCUT2D eigenvalue weighted by molar-refractivity contribution is 0.0952. The van der Waals surface area contributed by atoms with Crippen molar-refractivity contribution in [1.82, 2.24) is 14.7 Å². The van der Waals surface area contributed by atoms with E-state index in [1.807, 2.05) is 60.0 Å². The van der Waals surface area contributed by atoms with E-state index in [2.05, 4.69) is 10.3 Å². The molecule has 0 fully saturated rings. The van der Waals surface area contributed by atoms with E-state index in [4.69, 9.17) is 4.74 Å². The van der Waals surface area contributed by atoms with Crippen LogP contribution in [0.1, 0.15) is 15.9 Å². The average Bonchev–Trinajstić information content (AvgIpc) is 3.20. The SMILES string of the molecule is COc1cccc(-c2csc3ncc(C(=O)NCCc4ccccc4)c(=O)n23)c1. The number of carbonyl (C=O) groups excluding carboxylic acids is 1. The molecule has 0 unspecified atom stereocenters. The minimum Gasteiger partial charge on any atom is -0.497 e. The van der Waals surface area contributed by atoms with Gasteiger partial charge in [-0.1, -0.05) is 42.5 Å². The van der Waals surface area contributed by atoms with Crippen LogP contribution in [-0.2, 0) is 6.42 Å². The molecular weight excluding hydrogens is 386 g/mol. The second-order valence-corrected chi connectivity index (χ2v) is 7.28. The Morgan fingerprint density at radius 3 is 2.79 bits per heavy atom. The van der Waals surface area contributed by atoms with Crippen molar-refractivity contribution >= 4 is 22.2 Å². The van der Waals surface area contributed by atoms with Crippen LogP contribution in [0.3, 0.4) is 0 Å². The molecule has 0 spiro atoms. The van der Waals surface area contributed by atoms with Gasteiger partial charge in [0.25, 0.3) is 11.5 Å². The standard InChI is InChI=1S/C22H19N3O3S/c1-28-17-9-5-8-16(12-17)19-14-29-22-24-13-18(21(27)25(19)22)20(26)23-11-10-15-6-3-2-4-7-15/h2-9,12-14H,10-11H2,1H3,(H,23,26). The lowest BCUT2D eigenvalue weighted by Gasteiger charge is -2.07. The van der Waals surface area contributed by atoms with Gasteiger partial charge in [-0.15, -0.1) is 11.3 Å². The molecule has 0 saturated heterocycles. The number of rotatable bonds is 6. The zero-order valence-corrected chi connectivity index (χ0v) is 16.6. The Balaban J connectivity index is 1.61. The van der Waals surface area contributed by atoms with E-state index in [9.17, 15) is 9.59 Å². The van der Waals surface area contributed by atoms with Crippen LogP contribution in [-0.4, -0.2) is 28.9 Å². The maximum absolute atomic E-state index is 13.1. The summed E-state index contributed by atoms with van der Waals surface area (Å²) in [6.07, 6.45) is 2.04. The predicted octanol–water partition coefficient (Wildman–Crippen LogP) is 3.40. The van der Waals surface area contributed by atoms with E-state index in [0.29, 0.717) is 29.4 Å². The number of nitrogens with zero attached hydrogens (tertiary/aromatic N) is 2. The molecule has 0 aliphatic rings. The maximum atomic E-state index is 13.1. The first kappa shape index (κ1) is 18.9. The average molecular weight is 405 g/mol. The van der Waals surface area contributed by atoms with Crippen LogP contribution >= 0.6 is 11.3 Å². The molecule has 0 saturated carbocycles. The summed E-state index contributed by atoms with van der Waals surface area (Å²) in [5.74, 6) is 0.272. The minimum absolute atomic E-state index is 0.0260. The van der Waals surface area contributed by atoms with E-state index in [1.165, 1.54) is 21.9 Å². The largest absolute Gasteiger partial charge is 0.497 e. The molecule has 4 aromatic rings. The summed E-state index contributed by atoms with van der Waals surface area (Å²) in [7, 11) is 1.59. The lowest BCUT2D eigenvalue weighted by Crippen LogP contribution is -2.32. The molecule has 0 bridgehead atoms. The Morgan fingerprint density at radius 2 is 2.00 bits per heavy atom. The highest BCUT2D eigenvalue weighted by Crippen LogP contribution is 2.26. The van der Waals surface area contributed by atoms with Crippen LogP contribution in [0.15, 0.2) is 71.0 Å². The molecular formula is C22H19N3O3S. The minimum atomic E-state index is -0.421. The van der Waals surface area contributed by atoms with Crippen LogP contribution in [0.25, 0.3) is 16.2 Å². The zero-order valence-electron chi connectivity index (χ0n) is 15.8. The summed E-state index contributed by atoms with van der Waals surface area (Å²) in [5, 5.41) is 4.67. The van der Waals surface area contributed by atoms with Crippen molar-refractivity contribution in [3.05, 3.63) is 87.7 Å². The van der Waals surface area contributed by atoms with Crippen LogP contribution in [0.4, 0.5) is 0 Å². The van der Waals surface area contributed by atoms with E-state index >= 15 is 0 Å². The maximum Gasteiger partial charge on any atom is 0.271 e. The Hall–Kier alpha value is -3.45. The molecule has 2 aromatic heterocycles. The van der Waals surface area contributed by atoms with Gasteiger partial charge in [0, 0.05) is 23.7 Å². The van der Waals surface area contributed by atoms with Gasteiger partial charge in [0.05, 0.1) is 12.8 Å². The number of fused-ring (bicyclic) bond motifs is 1. The number of hydrogen-bond acceptors (Lipinski definition) is 5. The van der Waals surface area contributed by atoms with Crippen molar-refractivity contribution in [2.24, 2.45) is 0 Å². The van der Waals surface area contributed by atoms with Gasteiger partial charge >= 0.3 is 0 Å². The summed E-state index contributed by atoms with van der Waals surface area (Å²) >= 11 is 1.35. The number of thiazole rings is 1. The summed E-state index contributed by atoms with van der Waals surface area (Å²) in [6, 6.07) is 17.3. The third-order valence-corrected chi connectivity index (χ3v) is 5.44. The van der Waals surface area contributed by atoms with Crippen LogP contribution in [0.5, 0.6) is 5.75 Å². The quantitative estimate of drug-likeness (QED) is 0.534. The van der Waals surface area contributed by atoms with Crippen molar-refractivity contribution in [2.75, 3.05) is 13.7 Å². The first-order valence-corrected chi connectivity index (χ1v) is 10.0. The van der Waals surface area contributed by atoms with E-state index in [0.717, 1.165) is 11.1 Å². The van der Waals surface area contributed by atoms with Crippen LogP contribution in [0.2, 0.25) is 0 Å². The highest BCUT2D eigenvalue weighted by Gasteiger charge is 2.17. The fraction of sp³-hybridized carbons (Fsp3) is 0.136. The summed E-state index contributed by atoms with van der Waals surface area (Å²) in [4.78, 5) is 30.5. The fourth-order valence-electron chi connectivity index (χ4n) is 3.09. The molecule has 29 heavy (non-hydrogen) atoms. The normalized spacial score (nSPS) is 10.8. The molecule has 6 nitrogen and oxygen atoms in total. The lowest BCUT2D eigenvalue weighted by atomic mass is 10.1. The first-order chi connectivity index (χ1) is 14.2. The van der Waals surface area contributed by atoms with E-state index in [-0.39, 0.29) is 11.1 Å². The van der Waals surface area contributed by atoms with E-state index in [1.54, 1.807) is 7.11 Å². The number of hydrogen-bond donors (Lipinski definition) is 1. The molecule has 1 amide bonds. The molecule has 0 radical (unpaired) electrons. The fourth-order valence-corrected chi connectivity index (χ4v) is 3.95. The molecule has 2 heterocycles. The number of benzene rings is 2. The van der Waals surface area contributed by atoms with Crippen molar-refractivity contribution in [3.8, 4) is 17.0 Å². The Kier molecular flexibility index (Phi) is 5.39. The molecule has 4 rings (SSSR count). The predicted molar refractivity (Wildman–Crippen MR) is 114 cm³/mol. The molecule has 0 atom stereocenters. The van der Waals surface area contributed by atoms with Crippen LogP contribution < -0.4 is 15.6 Å². The number of ether oxygens (including phenoxy) is 1. The third-order valence-electron chi connectivity index (χ3n) is 4.60. The third kappa shape index (κ3) is 3.90. The number of carbonyl (C=O) groups is 1. The van der Waals surface area contributed by atoms with Crippen LogP contribution in [0, 0.1) is 0 Å². The highest BCUT2D eigenvalue weighted by molar-refractivity contribution is 7.15. The van der Waals surface area contributed by atoms with E-state index < -0.39 is 5.91 Å². The molecule has 1 N–H and O–H groups in total. The summed E-state index contributed by atoms with van der Waals surface area (Å²) < 4.78 is 6.75.